The number of amides is 1. The second-order valence-corrected chi connectivity index (χ2v) is 8.09. The average Bonchev–Trinajstić information content (AvgIpc) is 2.81. The van der Waals surface area contributed by atoms with Gasteiger partial charge in [-0.15, -0.1) is 0 Å². The summed E-state index contributed by atoms with van der Waals surface area (Å²) in [7, 11) is 0. The maximum Gasteiger partial charge on any atom is 0.416 e. The molecular weight excluding hydrogens is 515 g/mol. The number of hydrogen-bond donors (Lipinski definition) is 2. The van der Waals surface area contributed by atoms with E-state index in [1.165, 1.54) is 12.1 Å². The van der Waals surface area contributed by atoms with Gasteiger partial charge in [0.05, 0.1) is 23.0 Å². The first-order chi connectivity index (χ1) is 16.2. The largest absolute Gasteiger partial charge is 0.494 e. The highest BCUT2D eigenvalue weighted by Gasteiger charge is 2.31. The first-order valence-corrected chi connectivity index (χ1v) is 10.6. The molecule has 0 saturated carbocycles. The van der Waals surface area contributed by atoms with Gasteiger partial charge in [-0.1, -0.05) is 40.2 Å². The molecule has 0 aliphatic heterocycles. The smallest absolute Gasteiger partial charge is 0.416 e. The Labute approximate surface area is 199 Å². The lowest BCUT2D eigenvalue weighted by Gasteiger charge is -2.15. The van der Waals surface area contributed by atoms with Gasteiger partial charge in [-0.05, 0) is 48.5 Å². The third-order valence-electron chi connectivity index (χ3n) is 5.00. The number of hydrogen-bond acceptors (Lipinski definition) is 4. The van der Waals surface area contributed by atoms with Gasteiger partial charge in [-0.3, -0.25) is 9.59 Å². The number of fused-ring (bicyclic) bond motifs is 1. The number of aromatic nitrogens is 1. The molecule has 34 heavy (non-hydrogen) atoms. The van der Waals surface area contributed by atoms with E-state index >= 15 is 0 Å². The molecule has 0 aliphatic carbocycles. The molecule has 0 atom stereocenters. The second-order valence-electron chi connectivity index (χ2n) is 7.18. The number of aromatic hydroxyl groups is 1. The Bertz CT molecular complexity index is 1480. The van der Waals surface area contributed by atoms with Crippen LogP contribution in [0.15, 0.2) is 87.2 Å². The van der Waals surface area contributed by atoms with Crippen molar-refractivity contribution in [2.45, 2.75) is 6.18 Å². The van der Waals surface area contributed by atoms with Crippen LogP contribution in [0.3, 0.4) is 0 Å². The number of halogens is 4. The molecule has 2 N–H and O–H groups in total. The number of rotatable bonds is 4. The number of nitrogens with one attached hydrogen (secondary N) is 1. The second kappa shape index (κ2) is 9.14. The summed E-state index contributed by atoms with van der Waals surface area (Å²) in [6.07, 6.45) is -3.49. The van der Waals surface area contributed by atoms with Crippen molar-refractivity contribution in [3.63, 3.8) is 0 Å². The number of alkyl halides is 3. The Balaban J connectivity index is 1.80. The molecule has 6 nitrogen and oxygen atoms in total. The maximum atomic E-state index is 13.2. The predicted molar refractivity (Wildman–Crippen MR) is 125 cm³/mol. The Morgan fingerprint density at radius 2 is 1.68 bits per heavy atom. The van der Waals surface area contributed by atoms with Gasteiger partial charge in [-0.25, -0.2) is 9.99 Å². The van der Waals surface area contributed by atoms with Crippen LogP contribution in [0.2, 0.25) is 0 Å². The zero-order chi connectivity index (χ0) is 24.5. The molecule has 0 radical (unpaired) electrons. The summed E-state index contributed by atoms with van der Waals surface area (Å²) in [6.45, 7) is 0. The van der Waals surface area contributed by atoms with Crippen molar-refractivity contribution in [1.29, 1.82) is 0 Å². The molecule has 0 spiro atoms. The van der Waals surface area contributed by atoms with Crippen LogP contribution in [-0.4, -0.2) is 21.8 Å². The Morgan fingerprint density at radius 1 is 1.00 bits per heavy atom. The number of nitrogens with zero attached hydrogens (tertiary/aromatic N) is 2. The van der Waals surface area contributed by atoms with Crippen molar-refractivity contribution in [2.75, 3.05) is 0 Å². The van der Waals surface area contributed by atoms with Crippen LogP contribution >= 0.6 is 15.9 Å². The lowest BCUT2D eigenvalue weighted by atomic mass is 10.1. The van der Waals surface area contributed by atoms with Crippen LogP contribution in [0.4, 0.5) is 13.2 Å². The van der Waals surface area contributed by atoms with E-state index in [0.29, 0.717) is 10.9 Å². The molecule has 0 unspecified atom stereocenters. The van der Waals surface area contributed by atoms with Gasteiger partial charge in [0.15, 0.2) is 0 Å². The van der Waals surface area contributed by atoms with E-state index in [4.69, 9.17) is 0 Å². The molecule has 3 aromatic carbocycles. The van der Waals surface area contributed by atoms with Gasteiger partial charge >= 0.3 is 6.18 Å². The van der Waals surface area contributed by atoms with E-state index in [-0.39, 0.29) is 16.6 Å². The first kappa shape index (κ1) is 23.2. The third-order valence-corrected chi connectivity index (χ3v) is 5.53. The fourth-order valence-electron chi connectivity index (χ4n) is 3.37. The van der Waals surface area contributed by atoms with Gasteiger partial charge in [-0.2, -0.15) is 18.3 Å². The van der Waals surface area contributed by atoms with Crippen LogP contribution < -0.4 is 11.0 Å². The zero-order valence-electron chi connectivity index (χ0n) is 17.2. The first-order valence-electron chi connectivity index (χ1n) is 9.80. The summed E-state index contributed by atoms with van der Waals surface area (Å²) in [4.78, 5) is 25.4. The predicted octanol–water partition coefficient (Wildman–Crippen LogP) is 5.24. The average molecular weight is 530 g/mol. The number of benzene rings is 3. The molecule has 0 bridgehead atoms. The molecule has 172 valence electrons. The minimum atomic E-state index is -4.63. The quantitative estimate of drug-likeness (QED) is 0.280. The van der Waals surface area contributed by atoms with Crippen LogP contribution in [-0.2, 0) is 6.18 Å². The highest BCUT2D eigenvalue weighted by atomic mass is 79.9. The van der Waals surface area contributed by atoms with E-state index in [9.17, 15) is 27.9 Å². The molecule has 4 rings (SSSR count). The standard InChI is InChI=1S/C24H15BrF3N3O3/c25-16-10-8-14(9-11-16)21(32)30-29-13-20-18-6-1-2-7-19(18)22(33)31(23(20)34)17-5-3-4-15(12-17)24(26,27)28/h1-13,34H,(H,30,32). The summed E-state index contributed by atoms with van der Waals surface area (Å²) in [6, 6.07) is 16.9. The number of hydrazone groups is 1. The molecule has 0 saturated heterocycles. The maximum absolute atomic E-state index is 13.2. The van der Waals surface area contributed by atoms with E-state index in [2.05, 4.69) is 26.5 Å². The molecule has 4 aromatic rings. The van der Waals surface area contributed by atoms with Crippen molar-refractivity contribution in [2.24, 2.45) is 5.10 Å². The minimum Gasteiger partial charge on any atom is -0.494 e. The molecule has 0 aliphatic rings. The summed E-state index contributed by atoms with van der Waals surface area (Å²) >= 11 is 3.28. The van der Waals surface area contributed by atoms with E-state index in [1.54, 1.807) is 42.5 Å². The highest BCUT2D eigenvalue weighted by molar-refractivity contribution is 9.10. The van der Waals surface area contributed by atoms with Crippen LogP contribution in [0.5, 0.6) is 5.88 Å². The summed E-state index contributed by atoms with van der Waals surface area (Å²) in [5.74, 6) is -1.14. The van der Waals surface area contributed by atoms with E-state index in [0.717, 1.165) is 33.5 Å². The monoisotopic (exact) mass is 529 g/mol. The fraction of sp³-hybridized carbons (Fsp3) is 0.0417. The van der Waals surface area contributed by atoms with Crippen molar-refractivity contribution in [3.05, 3.63) is 104 Å². The SMILES string of the molecule is O=C(NN=Cc1c(O)n(-c2cccc(C(F)(F)F)c2)c(=O)c2ccccc12)c1ccc(Br)cc1. The van der Waals surface area contributed by atoms with Crippen molar-refractivity contribution < 1.29 is 23.1 Å². The van der Waals surface area contributed by atoms with Gasteiger partial charge in [0.25, 0.3) is 11.5 Å². The Kier molecular flexibility index (Phi) is 6.25. The molecule has 10 heteroatoms. The van der Waals surface area contributed by atoms with Gasteiger partial charge in [0.2, 0.25) is 5.88 Å². The van der Waals surface area contributed by atoms with Gasteiger partial charge < -0.3 is 5.11 Å². The Morgan fingerprint density at radius 3 is 2.35 bits per heavy atom. The lowest BCUT2D eigenvalue weighted by molar-refractivity contribution is -0.137. The van der Waals surface area contributed by atoms with Crippen molar-refractivity contribution in [1.82, 2.24) is 9.99 Å². The van der Waals surface area contributed by atoms with Crippen LogP contribution in [0, 0.1) is 0 Å². The normalized spacial score (nSPS) is 11.8. The van der Waals surface area contributed by atoms with E-state index < -0.39 is 29.1 Å². The topological polar surface area (TPSA) is 83.7 Å². The van der Waals surface area contributed by atoms with E-state index in [1.807, 2.05) is 0 Å². The molecule has 1 aromatic heterocycles. The summed E-state index contributed by atoms with van der Waals surface area (Å²) in [5.41, 5.74) is 0.865. The fourth-order valence-corrected chi connectivity index (χ4v) is 3.64. The number of carbonyl (C=O) groups excluding carboxylic acids is 1. The summed E-state index contributed by atoms with van der Waals surface area (Å²) in [5, 5.41) is 15.2. The molecule has 1 heterocycles. The van der Waals surface area contributed by atoms with Crippen LogP contribution in [0.1, 0.15) is 21.5 Å². The molecule has 1 amide bonds. The zero-order valence-corrected chi connectivity index (χ0v) is 18.8. The molecule has 0 fully saturated rings. The minimum absolute atomic E-state index is 0.0451. The van der Waals surface area contributed by atoms with Gasteiger partial charge in [0.1, 0.15) is 0 Å². The molecular formula is C24H15BrF3N3O3. The van der Waals surface area contributed by atoms with Gasteiger partial charge in [0, 0.05) is 20.8 Å². The Hall–Kier alpha value is -3.92. The number of carbonyl (C=O) groups is 1. The lowest BCUT2D eigenvalue weighted by Crippen LogP contribution is -2.21. The van der Waals surface area contributed by atoms with Crippen molar-refractivity contribution >= 4 is 38.8 Å². The number of pyridine rings is 1. The highest BCUT2D eigenvalue weighted by Crippen LogP contribution is 2.32. The van der Waals surface area contributed by atoms with Crippen molar-refractivity contribution in [3.8, 4) is 11.6 Å². The summed E-state index contributed by atoms with van der Waals surface area (Å²) < 4.78 is 41.2. The third kappa shape index (κ3) is 4.58. The van der Waals surface area contributed by atoms with Crippen LogP contribution in [0.25, 0.3) is 16.5 Å².